The molecule has 1 aliphatic rings. The Morgan fingerprint density at radius 1 is 0.926 bits per heavy atom. The highest BCUT2D eigenvalue weighted by Gasteiger charge is 2.35. The van der Waals surface area contributed by atoms with Crippen LogP contribution in [-0.2, 0) is 19.1 Å². The maximum atomic E-state index is 12.4. The molecule has 0 radical (unpaired) electrons. The molecule has 2 unspecified atom stereocenters. The van der Waals surface area contributed by atoms with E-state index in [2.05, 4.69) is 6.92 Å². The Labute approximate surface area is 166 Å². The number of allylic oxidation sites excluding steroid dienone is 1. The van der Waals surface area contributed by atoms with Gasteiger partial charge in [-0.3, -0.25) is 9.59 Å². The van der Waals surface area contributed by atoms with Crippen molar-refractivity contribution >= 4 is 11.9 Å². The second kappa shape index (κ2) is 14.7. The van der Waals surface area contributed by atoms with Crippen molar-refractivity contribution < 1.29 is 19.1 Å². The Balaban J connectivity index is 2.20. The van der Waals surface area contributed by atoms with Gasteiger partial charge >= 0.3 is 11.9 Å². The lowest BCUT2D eigenvalue weighted by molar-refractivity contribution is -0.160. The number of hydrogen-bond acceptors (Lipinski definition) is 4. The first kappa shape index (κ1) is 23.7. The summed E-state index contributed by atoms with van der Waals surface area (Å²) in [6.07, 6.45) is 16.4. The van der Waals surface area contributed by atoms with Gasteiger partial charge in [0.15, 0.2) is 0 Å². The molecule has 1 rings (SSSR count). The summed E-state index contributed by atoms with van der Waals surface area (Å²) in [4.78, 5) is 24.7. The van der Waals surface area contributed by atoms with Gasteiger partial charge in [-0.1, -0.05) is 84.3 Å². The first-order valence-corrected chi connectivity index (χ1v) is 11.1. The van der Waals surface area contributed by atoms with Crippen LogP contribution in [0.4, 0.5) is 0 Å². The Kier molecular flexibility index (Phi) is 12.9. The van der Waals surface area contributed by atoms with E-state index in [0.29, 0.717) is 25.6 Å². The fraction of sp³-hybridized carbons (Fsp3) is 0.826. The van der Waals surface area contributed by atoms with Crippen LogP contribution in [0.25, 0.3) is 0 Å². The van der Waals surface area contributed by atoms with Gasteiger partial charge in [-0.15, -0.1) is 0 Å². The van der Waals surface area contributed by atoms with Crippen LogP contribution < -0.4 is 0 Å². The van der Waals surface area contributed by atoms with Crippen molar-refractivity contribution in [2.24, 2.45) is 17.8 Å². The minimum Gasteiger partial charge on any atom is -0.465 e. The molecule has 0 fully saturated rings. The van der Waals surface area contributed by atoms with Crippen LogP contribution in [0.5, 0.6) is 0 Å². The van der Waals surface area contributed by atoms with Crippen molar-refractivity contribution in [3.05, 3.63) is 12.2 Å². The summed E-state index contributed by atoms with van der Waals surface area (Å²) in [7, 11) is 0. The van der Waals surface area contributed by atoms with Gasteiger partial charge in [-0.2, -0.15) is 0 Å². The van der Waals surface area contributed by atoms with Crippen LogP contribution >= 0.6 is 0 Å². The number of ether oxygens (including phenoxy) is 2. The fourth-order valence-corrected chi connectivity index (χ4v) is 3.38. The molecular formula is C23H40O4. The fourth-order valence-electron chi connectivity index (χ4n) is 3.38. The monoisotopic (exact) mass is 380 g/mol. The Morgan fingerprint density at radius 2 is 1.56 bits per heavy atom. The molecule has 0 N–H and O–H groups in total. The van der Waals surface area contributed by atoms with Crippen LogP contribution in [-0.4, -0.2) is 25.2 Å². The minimum absolute atomic E-state index is 0.245. The summed E-state index contributed by atoms with van der Waals surface area (Å²) >= 11 is 0. The molecule has 0 bridgehead atoms. The Bertz CT molecular complexity index is 442. The quantitative estimate of drug-likeness (QED) is 0.216. The zero-order valence-corrected chi connectivity index (χ0v) is 17.7. The van der Waals surface area contributed by atoms with E-state index in [1.54, 1.807) is 0 Å². The molecule has 4 nitrogen and oxygen atoms in total. The van der Waals surface area contributed by atoms with E-state index in [0.717, 1.165) is 19.3 Å². The lowest BCUT2D eigenvalue weighted by Crippen LogP contribution is -2.33. The number of carbonyl (C=O) groups excluding carboxylic acids is 2. The number of esters is 2. The zero-order valence-electron chi connectivity index (χ0n) is 17.7. The molecule has 0 heterocycles. The maximum absolute atomic E-state index is 12.4. The first-order valence-electron chi connectivity index (χ1n) is 11.1. The average molecular weight is 381 g/mol. The summed E-state index contributed by atoms with van der Waals surface area (Å²) in [6, 6.07) is 0. The van der Waals surface area contributed by atoms with E-state index >= 15 is 0 Å². The molecule has 0 amide bonds. The molecule has 27 heavy (non-hydrogen) atoms. The van der Waals surface area contributed by atoms with E-state index < -0.39 is 11.8 Å². The molecule has 0 aromatic carbocycles. The molecule has 1 aliphatic carbocycles. The normalized spacial score (nSPS) is 19.3. The minimum atomic E-state index is -0.492. The third-order valence-electron chi connectivity index (χ3n) is 5.05. The highest BCUT2D eigenvalue weighted by atomic mass is 16.5. The van der Waals surface area contributed by atoms with E-state index in [9.17, 15) is 9.59 Å². The predicted molar refractivity (Wildman–Crippen MR) is 109 cm³/mol. The van der Waals surface area contributed by atoms with Crippen LogP contribution in [0.2, 0.25) is 0 Å². The van der Waals surface area contributed by atoms with E-state index in [-0.39, 0.29) is 11.9 Å². The predicted octanol–water partition coefficient (Wildman–Crippen LogP) is 5.84. The van der Waals surface area contributed by atoms with Crippen LogP contribution in [0, 0.1) is 17.8 Å². The average Bonchev–Trinajstić information content (AvgIpc) is 2.67. The van der Waals surface area contributed by atoms with E-state index in [4.69, 9.17) is 9.47 Å². The van der Waals surface area contributed by atoms with Crippen LogP contribution in [0.3, 0.4) is 0 Å². The molecule has 2 atom stereocenters. The van der Waals surface area contributed by atoms with Gasteiger partial charge in [0.2, 0.25) is 0 Å². The molecule has 156 valence electrons. The Morgan fingerprint density at radius 3 is 2.19 bits per heavy atom. The third-order valence-corrected chi connectivity index (χ3v) is 5.05. The Hall–Kier alpha value is -1.32. The number of hydrogen-bond donors (Lipinski definition) is 0. The molecule has 0 aromatic rings. The standard InChI is InChI=1S/C23H40O4/c1-4-5-6-7-8-9-10-11-14-17-26-22(24)20-15-12-13-16-21(20)23(25)27-18-19(2)3/h13,16,19-21H,4-12,14-15,17-18H2,1-3H3. The lowest BCUT2D eigenvalue weighted by Gasteiger charge is -2.25. The SMILES string of the molecule is CCCCCCCCCCCOC(=O)C1CCC=CC1C(=O)OCC(C)C. The van der Waals surface area contributed by atoms with Gasteiger partial charge in [0.1, 0.15) is 0 Å². The summed E-state index contributed by atoms with van der Waals surface area (Å²) in [6.45, 7) is 7.09. The number of unbranched alkanes of at least 4 members (excludes halogenated alkanes) is 8. The molecule has 4 heteroatoms. The molecule has 0 saturated carbocycles. The topological polar surface area (TPSA) is 52.6 Å². The molecular weight excluding hydrogens is 340 g/mol. The van der Waals surface area contributed by atoms with E-state index in [1.165, 1.54) is 44.9 Å². The zero-order chi connectivity index (χ0) is 19.9. The second-order valence-corrected chi connectivity index (χ2v) is 8.16. The van der Waals surface area contributed by atoms with Gasteiger partial charge in [0, 0.05) is 0 Å². The smallest absolute Gasteiger partial charge is 0.313 e. The summed E-state index contributed by atoms with van der Waals surface area (Å²) in [5, 5.41) is 0. The first-order chi connectivity index (χ1) is 13.1. The van der Waals surface area contributed by atoms with Crippen molar-refractivity contribution in [2.45, 2.75) is 91.4 Å². The molecule has 0 aromatic heterocycles. The molecule has 0 spiro atoms. The van der Waals surface area contributed by atoms with Crippen molar-refractivity contribution in [3.8, 4) is 0 Å². The highest BCUT2D eigenvalue weighted by molar-refractivity contribution is 5.83. The van der Waals surface area contributed by atoms with Crippen LogP contribution in [0.15, 0.2) is 12.2 Å². The van der Waals surface area contributed by atoms with Gasteiger partial charge in [0.25, 0.3) is 0 Å². The van der Waals surface area contributed by atoms with E-state index in [1.807, 2.05) is 26.0 Å². The number of carbonyl (C=O) groups is 2. The lowest BCUT2D eigenvalue weighted by atomic mass is 9.84. The largest absolute Gasteiger partial charge is 0.465 e. The van der Waals surface area contributed by atoms with Gasteiger partial charge < -0.3 is 9.47 Å². The summed E-state index contributed by atoms with van der Waals surface area (Å²) < 4.78 is 10.8. The third kappa shape index (κ3) is 10.6. The number of rotatable bonds is 14. The summed E-state index contributed by atoms with van der Waals surface area (Å²) in [5.41, 5.74) is 0. The van der Waals surface area contributed by atoms with Crippen molar-refractivity contribution in [1.82, 2.24) is 0 Å². The van der Waals surface area contributed by atoms with Crippen molar-refractivity contribution in [3.63, 3.8) is 0 Å². The summed E-state index contributed by atoms with van der Waals surface area (Å²) in [5.74, 6) is -1.14. The maximum Gasteiger partial charge on any atom is 0.313 e. The molecule has 0 aliphatic heterocycles. The van der Waals surface area contributed by atoms with Gasteiger partial charge in [-0.25, -0.2) is 0 Å². The van der Waals surface area contributed by atoms with Crippen molar-refractivity contribution in [2.75, 3.05) is 13.2 Å². The van der Waals surface area contributed by atoms with Gasteiger partial charge in [-0.05, 0) is 25.2 Å². The molecule has 0 saturated heterocycles. The van der Waals surface area contributed by atoms with Crippen LogP contribution in [0.1, 0.15) is 91.4 Å². The second-order valence-electron chi connectivity index (χ2n) is 8.16. The van der Waals surface area contributed by atoms with Gasteiger partial charge in [0.05, 0.1) is 25.0 Å². The van der Waals surface area contributed by atoms with Crippen molar-refractivity contribution in [1.29, 1.82) is 0 Å². The highest BCUT2D eigenvalue weighted by Crippen LogP contribution is 2.27.